The Morgan fingerprint density at radius 2 is 1.64 bits per heavy atom. The lowest BCUT2D eigenvalue weighted by Crippen LogP contribution is -1.71. The summed E-state index contributed by atoms with van der Waals surface area (Å²) in [6, 6.07) is 12.2. The summed E-state index contributed by atoms with van der Waals surface area (Å²) in [6.45, 7) is 0. The molecule has 0 bridgehead atoms. The third kappa shape index (κ3) is 0.909. The average Bonchev–Trinajstić information content (AvgIpc) is 2.57. The van der Waals surface area contributed by atoms with Gasteiger partial charge < -0.3 is 10.1 Å². The Morgan fingerprint density at radius 3 is 2.43 bits per heavy atom. The van der Waals surface area contributed by atoms with Crippen molar-refractivity contribution < 1.29 is 5.11 Å². The van der Waals surface area contributed by atoms with Crippen LogP contribution < -0.4 is 0 Å². The maximum Gasteiger partial charge on any atom is 0.196 e. The SMILES string of the molecule is Oc1[nH]cc2cc3ccccc3cc12. The van der Waals surface area contributed by atoms with Crippen LogP contribution >= 0.6 is 0 Å². The molecule has 2 heteroatoms. The van der Waals surface area contributed by atoms with Gasteiger partial charge in [-0.1, -0.05) is 24.3 Å². The van der Waals surface area contributed by atoms with E-state index in [4.69, 9.17) is 0 Å². The van der Waals surface area contributed by atoms with Crippen molar-refractivity contribution in [3.05, 3.63) is 42.6 Å². The Labute approximate surface area is 80.8 Å². The normalized spacial score (nSPS) is 11.1. The number of aromatic hydroxyl groups is 1. The van der Waals surface area contributed by atoms with Crippen molar-refractivity contribution in [2.45, 2.75) is 0 Å². The number of rotatable bonds is 0. The Bertz CT molecular complexity index is 610. The summed E-state index contributed by atoms with van der Waals surface area (Å²) in [5.74, 6) is 0.241. The number of aromatic nitrogens is 1. The van der Waals surface area contributed by atoms with Crippen LogP contribution in [0.4, 0.5) is 0 Å². The maximum atomic E-state index is 9.52. The standard InChI is InChI=1S/C12H9NO/c14-12-11-6-9-4-2-1-3-8(9)5-10(11)7-13-12/h1-7,13-14H. The van der Waals surface area contributed by atoms with Crippen molar-refractivity contribution in [2.24, 2.45) is 0 Å². The highest BCUT2D eigenvalue weighted by molar-refractivity contribution is 6.00. The van der Waals surface area contributed by atoms with Gasteiger partial charge >= 0.3 is 0 Å². The molecule has 0 atom stereocenters. The highest BCUT2D eigenvalue weighted by atomic mass is 16.3. The maximum absolute atomic E-state index is 9.52. The Kier molecular flexibility index (Phi) is 1.34. The summed E-state index contributed by atoms with van der Waals surface area (Å²) in [5, 5.41) is 13.8. The van der Waals surface area contributed by atoms with E-state index in [-0.39, 0.29) is 5.88 Å². The molecule has 0 amide bonds. The molecule has 1 heterocycles. The smallest absolute Gasteiger partial charge is 0.196 e. The quantitative estimate of drug-likeness (QED) is 0.552. The molecule has 0 unspecified atom stereocenters. The number of hydrogen-bond donors (Lipinski definition) is 2. The second-order valence-electron chi connectivity index (χ2n) is 3.42. The van der Waals surface area contributed by atoms with Crippen LogP contribution in [0.15, 0.2) is 42.6 Å². The Balaban J connectivity index is 2.54. The molecule has 2 nitrogen and oxygen atoms in total. The first kappa shape index (κ1) is 7.44. The fourth-order valence-electron chi connectivity index (χ4n) is 1.81. The highest BCUT2D eigenvalue weighted by Crippen LogP contribution is 2.28. The lowest BCUT2D eigenvalue weighted by Gasteiger charge is -1.97. The van der Waals surface area contributed by atoms with E-state index in [2.05, 4.69) is 17.1 Å². The molecule has 0 aliphatic rings. The lowest BCUT2D eigenvalue weighted by atomic mass is 10.1. The van der Waals surface area contributed by atoms with Crippen molar-refractivity contribution in [3.63, 3.8) is 0 Å². The third-order valence-electron chi connectivity index (χ3n) is 2.54. The van der Waals surface area contributed by atoms with Crippen LogP contribution in [0.2, 0.25) is 0 Å². The molecule has 0 aliphatic heterocycles. The molecule has 3 rings (SSSR count). The number of H-pyrrole nitrogens is 1. The van der Waals surface area contributed by atoms with E-state index < -0.39 is 0 Å². The summed E-state index contributed by atoms with van der Waals surface area (Å²) in [7, 11) is 0. The number of benzene rings is 2. The summed E-state index contributed by atoms with van der Waals surface area (Å²) in [6.07, 6.45) is 1.82. The van der Waals surface area contributed by atoms with E-state index in [1.165, 1.54) is 5.39 Å². The molecule has 0 radical (unpaired) electrons. The van der Waals surface area contributed by atoms with Gasteiger partial charge in [0.25, 0.3) is 0 Å². The summed E-state index contributed by atoms with van der Waals surface area (Å²) in [4.78, 5) is 2.81. The van der Waals surface area contributed by atoms with Crippen molar-refractivity contribution >= 4 is 21.5 Å². The predicted octanol–water partition coefficient (Wildman–Crippen LogP) is 3.03. The van der Waals surface area contributed by atoms with E-state index in [0.717, 1.165) is 16.2 Å². The van der Waals surface area contributed by atoms with Gasteiger partial charge in [0.15, 0.2) is 5.88 Å². The first-order valence-corrected chi connectivity index (χ1v) is 4.53. The van der Waals surface area contributed by atoms with Gasteiger partial charge in [0.1, 0.15) is 0 Å². The van der Waals surface area contributed by atoms with Crippen LogP contribution in [-0.4, -0.2) is 10.1 Å². The Hall–Kier alpha value is -1.96. The van der Waals surface area contributed by atoms with Crippen LogP contribution in [-0.2, 0) is 0 Å². The van der Waals surface area contributed by atoms with Gasteiger partial charge in [0.2, 0.25) is 0 Å². The summed E-state index contributed by atoms with van der Waals surface area (Å²) in [5.41, 5.74) is 0. The van der Waals surface area contributed by atoms with Gasteiger partial charge in [-0.3, -0.25) is 0 Å². The zero-order valence-electron chi connectivity index (χ0n) is 7.49. The number of aromatic amines is 1. The molecule has 0 aliphatic carbocycles. The third-order valence-corrected chi connectivity index (χ3v) is 2.54. The van der Waals surface area contributed by atoms with E-state index in [1.807, 2.05) is 30.5 Å². The zero-order chi connectivity index (χ0) is 9.54. The molecule has 14 heavy (non-hydrogen) atoms. The molecular formula is C12H9NO. The van der Waals surface area contributed by atoms with Gasteiger partial charge in [0.05, 0.1) is 0 Å². The van der Waals surface area contributed by atoms with Crippen molar-refractivity contribution in [1.82, 2.24) is 4.98 Å². The summed E-state index contributed by atoms with van der Waals surface area (Å²) >= 11 is 0. The molecule has 0 saturated heterocycles. The number of fused-ring (bicyclic) bond motifs is 2. The minimum absolute atomic E-state index is 0.241. The molecular weight excluding hydrogens is 174 g/mol. The van der Waals surface area contributed by atoms with Crippen molar-refractivity contribution in [1.29, 1.82) is 0 Å². The number of nitrogens with one attached hydrogen (secondary N) is 1. The lowest BCUT2D eigenvalue weighted by molar-refractivity contribution is 0.462. The fraction of sp³-hybridized carbons (Fsp3) is 0. The van der Waals surface area contributed by atoms with Crippen LogP contribution in [0, 0.1) is 0 Å². The van der Waals surface area contributed by atoms with E-state index >= 15 is 0 Å². The second kappa shape index (κ2) is 2.51. The molecule has 0 spiro atoms. The Morgan fingerprint density at radius 1 is 0.929 bits per heavy atom. The first-order chi connectivity index (χ1) is 6.84. The van der Waals surface area contributed by atoms with Gasteiger partial charge in [-0.2, -0.15) is 0 Å². The van der Waals surface area contributed by atoms with Crippen LogP contribution in [0.5, 0.6) is 5.88 Å². The van der Waals surface area contributed by atoms with Crippen LogP contribution in [0.1, 0.15) is 0 Å². The van der Waals surface area contributed by atoms with Crippen molar-refractivity contribution in [2.75, 3.05) is 0 Å². The van der Waals surface area contributed by atoms with Crippen molar-refractivity contribution in [3.8, 4) is 5.88 Å². The van der Waals surface area contributed by atoms with Gasteiger partial charge in [-0.25, -0.2) is 0 Å². The van der Waals surface area contributed by atoms with Gasteiger partial charge in [-0.15, -0.1) is 0 Å². The van der Waals surface area contributed by atoms with Crippen LogP contribution in [0.25, 0.3) is 21.5 Å². The minimum Gasteiger partial charge on any atom is -0.494 e. The van der Waals surface area contributed by atoms with Crippen LogP contribution in [0.3, 0.4) is 0 Å². The molecule has 3 aromatic rings. The second-order valence-corrected chi connectivity index (χ2v) is 3.42. The molecule has 2 aromatic carbocycles. The molecule has 0 fully saturated rings. The van der Waals surface area contributed by atoms with Gasteiger partial charge in [-0.05, 0) is 22.9 Å². The average molecular weight is 183 g/mol. The minimum atomic E-state index is 0.241. The van der Waals surface area contributed by atoms with Gasteiger partial charge in [0, 0.05) is 17.0 Å². The molecule has 0 saturated carbocycles. The number of hydrogen-bond acceptors (Lipinski definition) is 1. The monoisotopic (exact) mass is 183 g/mol. The zero-order valence-corrected chi connectivity index (χ0v) is 7.49. The van der Waals surface area contributed by atoms with E-state index in [9.17, 15) is 5.11 Å². The predicted molar refractivity (Wildman–Crippen MR) is 57.5 cm³/mol. The highest BCUT2D eigenvalue weighted by Gasteiger charge is 2.02. The van der Waals surface area contributed by atoms with E-state index in [0.29, 0.717) is 0 Å². The molecule has 2 N–H and O–H groups in total. The fourth-order valence-corrected chi connectivity index (χ4v) is 1.81. The summed E-state index contributed by atoms with van der Waals surface area (Å²) < 4.78 is 0. The largest absolute Gasteiger partial charge is 0.494 e. The first-order valence-electron chi connectivity index (χ1n) is 4.53. The molecule has 1 aromatic heterocycles. The molecule has 68 valence electrons. The van der Waals surface area contributed by atoms with E-state index in [1.54, 1.807) is 0 Å². The topological polar surface area (TPSA) is 36.0 Å².